The number of aromatic nitrogens is 2. The lowest BCUT2D eigenvalue weighted by atomic mass is 10.1. The van der Waals surface area contributed by atoms with Crippen LogP contribution < -0.4 is 4.74 Å². The van der Waals surface area contributed by atoms with E-state index in [9.17, 15) is 4.79 Å². The summed E-state index contributed by atoms with van der Waals surface area (Å²) in [5.74, 6) is 0.915. The Morgan fingerprint density at radius 3 is 2.96 bits per heavy atom. The molecule has 0 radical (unpaired) electrons. The first-order valence-corrected chi connectivity index (χ1v) is 8.38. The van der Waals surface area contributed by atoms with E-state index in [1.165, 1.54) is 0 Å². The molecule has 1 aromatic carbocycles. The fourth-order valence-electron chi connectivity index (χ4n) is 3.56. The Hall–Kier alpha value is -2.30. The van der Waals surface area contributed by atoms with Gasteiger partial charge in [-0.15, -0.1) is 0 Å². The monoisotopic (exact) mass is 311 g/mol. The van der Waals surface area contributed by atoms with Gasteiger partial charge >= 0.3 is 0 Å². The lowest BCUT2D eigenvalue weighted by molar-refractivity contribution is 0.0531. The van der Waals surface area contributed by atoms with Crippen LogP contribution in [0.25, 0.3) is 0 Å². The van der Waals surface area contributed by atoms with Crippen LogP contribution in [0.3, 0.4) is 0 Å². The molecule has 2 aliphatic rings. The number of rotatable bonds is 3. The third-order valence-electron chi connectivity index (χ3n) is 4.72. The van der Waals surface area contributed by atoms with Crippen LogP contribution in [0.5, 0.6) is 5.75 Å². The number of amides is 1. The van der Waals surface area contributed by atoms with Gasteiger partial charge in [0.2, 0.25) is 0 Å². The van der Waals surface area contributed by atoms with Gasteiger partial charge < -0.3 is 9.64 Å². The molecule has 0 saturated carbocycles. The van der Waals surface area contributed by atoms with Gasteiger partial charge in [0.25, 0.3) is 5.91 Å². The summed E-state index contributed by atoms with van der Waals surface area (Å²) in [6, 6.07) is 9.83. The SMILES string of the molecule is O=C(c1n[nH]c2c1CCC2)N1CCCC(Oc2ccccc2)C1. The molecule has 1 saturated heterocycles. The zero-order valence-electron chi connectivity index (χ0n) is 13.1. The first kappa shape index (κ1) is 14.3. The Bertz CT molecular complexity index is 696. The van der Waals surface area contributed by atoms with E-state index in [1.54, 1.807) is 0 Å². The second-order valence-corrected chi connectivity index (χ2v) is 6.33. The summed E-state index contributed by atoms with van der Waals surface area (Å²) in [4.78, 5) is 14.7. The van der Waals surface area contributed by atoms with Gasteiger partial charge in [-0.25, -0.2) is 0 Å². The van der Waals surface area contributed by atoms with Crippen molar-refractivity contribution in [2.24, 2.45) is 0 Å². The molecular formula is C18H21N3O2. The molecule has 2 heterocycles. The number of carbonyl (C=O) groups is 1. The lowest BCUT2D eigenvalue weighted by Crippen LogP contribution is -2.44. The van der Waals surface area contributed by atoms with Crippen LogP contribution >= 0.6 is 0 Å². The Balaban J connectivity index is 1.45. The number of fused-ring (bicyclic) bond motifs is 1. The van der Waals surface area contributed by atoms with E-state index >= 15 is 0 Å². The minimum absolute atomic E-state index is 0.0470. The maximum Gasteiger partial charge on any atom is 0.274 e. The van der Waals surface area contributed by atoms with E-state index in [-0.39, 0.29) is 12.0 Å². The molecular weight excluding hydrogens is 290 g/mol. The molecule has 5 heteroatoms. The second-order valence-electron chi connectivity index (χ2n) is 6.33. The molecule has 1 atom stereocenters. The van der Waals surface area contributed by atoms with Crippen molar-refractivity contribution in [1.29, 1.82) is 0 Å². The summed E-state index contributed by atoms with van der Waals surface area (Å²) < 4.78 is 6.02. The van der Waals surface area contributed by atoms with E-state index in [0.717, 1.165) is 55.7 Å². The largest absolute Gasteiger partial charge is 0.489 e. The number of hydrogen-bond acceptors (Lipinski definition) is 3. The third kappa shape index (κ3) is 2.83. The number of H-pyrrole nitrogens is 1. The second kappa shape index (κ2) is 6.07. The fraction of sp³-hybridized carbons (Fsp3) is 0.444. The smallest absolute Gasteiger partial charge is 0.274 e. The molecule has 120 valence electrons. The quantitative estimate of drug-likeness (QED) is 0.948. The van der Waals surface area contributed by atoms with Gasteiger partial charge in [-0.05, 0) is 44.2 Å². The molecule has 1 unspecified atom stereocenters. The van der Waals surface area contributed by atoms with Crippen molar-refractivity contribution in [1.82, 2.24) is 15.1 Å². The maximum absolute atomic E-state index is 12.8. The molecule has 1 amide bonds. The van der Waals surface area contributed by atoms with Crippen molar-refractivity contribution in [3.05, 3.63) is 47.3 Å². The number of piperidine rings is 1. The maximum atomic E-state index is 12.8. The number of benzene rings is 1. The number of para-hydroxylation sites is 1. The normalized spacial score (nSPS) is 20.3. The number of aryl methyl sites for hydroxylation is 1. The van der Waals surface area contributed by atoms with Crippen LogP contribution in [-0.4, -0.2) is 40.2 Å². The number of nitrogens with zero attached hydrogens (tertiary/aromatic N) is 2. The lowest BCUT2D eigenvalue weighted by Gasteiger charge is -2.32. The van der Waals surface area contributed by atoms with Crippen molar-refractivity contribution < 1.29 is 9.53 Å². The predicted octanol–water partition coefficient (Wildman–Crippen LogP) is 2.58. The van der Waals surface area contributed by atoms with Crippen molar-refractivity contribution >= 4 is 5.91 Å². The van der Waals surface area contributed by atoms with Gasteiger partial charge in [0.1, 0.15) is 11.9 Å². The molecule has 1 N–H and O–H groups in total. The molecule has 23 heavy (non-hydrogen) atoms. The van der Waals surface area contributed by atoms with E-state index in [2.05, 4.69) is 10.2 Å². The van der Waals surface area contributed by atoms with Gasteiger partial charge in [-0.3, -0.25) is 9.89 Å². The van der Waals surface area contributed by atoms with Crippen molar-refractivity contribution in [3.63, 3.8) is 0 Å². The standard InChI is InChI=1S/C18H21N3O2/c22-18(17-15-9-4-10-16(15)19-20-17)21-11-5-8-14(12-21)23-13-6-2-1-3-7-13/h1-3,6-7,14H,4-5,8-12H2,(H,19,20). The number of ether oxygens (including phenoxy) is 1. The van der Waals surface area contributed by atoms with Crippen molar-refractivity contribution in [2.75, 3.05) is 13.1 Å². The van der Waals surface area contributed by atoms with Crippen LogP contribution in [0.1, 0.15) is 41.0 Å². The Labute approximate surface area is 135 Å². The van der Waals surface area contributed by atoms with Gasteiger partial charge in [0.15, 0.2) is 5.69 Å². The number of hydrogen-bond donors (Lipinski definition) is 1. The molecule has 1 fully saturated rings. The number of carbonyl (C=O) groups excluding carboxylic acids is 1. The highest BCUT2D eigenvalue weighted by atomic mass is 16.5. The molecule has 4 rings (SSSR count). The zero-order valence-corrected chi connectivity index (χ0v) is 13.1. The number of aromatic amines is 1. The number of nitrogens with one attached hydrogen (secondary N) is 1. The highest BCUT2D eigenvalue weighted by Crippen LogP contribution is 2.25. The predicted molar refractivity (Wildman–Crippen MR) is 86.6 cm³/mol. The first-order valence-electron chi connectivity index (χ1n) is 8.38. The summed E-state index contributed by atoms with van der Waals surface area (Å²) in [5.41, 5.74) is 2.89. The minimum atomic E-state index is 0.0470. The highest BCUT2D eigenvalue weighted by Gasteiger charge is 2.30. The van der Waals surface area contributed by atoms with Crippen molar-refractivity contribution in [3.8, 4) is 5.75 Å². The Kier molecular flexibility index (Phi) is 3.77. The van der Waals surface area contributed by atoms with Gasteiger partial charge in [0, 0.05) is 17.8 Å². The summed E-state index contributed by atoms with van der Waals surface area (Å²) >= 11 is 0. The van der Waals surface area contributed by atoms with E-state index in [4.69, 9.17) is 4.74 Å². The third-order valence-corrected chi connectivity index (χ3v) is 4.72. The van der Waals surface area contributed by atoms with E-state index < -0.39 is 0 Å². The summed E-state index contributed by atoms with van der Waals surface area (Å²) in [6.07, 6.45) is 5.10. The molecule has 5 nitrogen and oxygen atoms in total. The van der Waals surface area contributed by atoms with Gasteiger partial charge in [-0.1, -0.05) is 18.2 Å². The Morgan fingerprint density at radius 1 is 1.22 bits per heavy atom. The topological polar surface area (TPSA) is 58.2 Å². The van der Waals surface area contributed by atoms with Gasteiger partial charge in [0.05, 0.1) is 6.54 Å². The minimum Gasteiger partial charge on any atom is -0.489 e. The summed E-state index contributed by atoms with van der Waals surface area (Å²) in [7, 11) is 0. The van der Waals surface area contributed by atoms with Crippen LogP contribution in [0, 0.1) is 0 Å². The molecule has 1 aliphatic heterocycles. The summed E-state index contributed by atoms with van der Waals surface area (Å²) in [6.45, 7) is 1.42. The molecule has 0 spiro atoms. The molecule has 1 aliphatic carbocycles. The molecule has 1 aromatic heterocycles. The average molecular weight is 311 g/mol. The molecule has 2 aromatic rings. The van der Waals surface area contributed by atoms with Crippen LogP contribution in [0.2, 0.25) is 0 Å². The summed E-state index contributed by atoms with van der Waals surface area (Å²) in [5, 5.41) is 7.29. The van der Waals surface area contributed by atoms with Crippen molar-refractivity contribution in [2.45, 2.75) is 38.2 Å². The highest BCUT2D eigenvalue weighted by molar-refractivity contribution is 5.94. The van der Waals surface area contributed by atoms with E-state index in [1.807, 2.05) is 35.2 Å². The fourth-order valence-corrected chi connectivity index (χ4v) is 3.56. The van der Waals surface area contributed by atoms with Crippen LogP contribution in [0.4, 0.5) is 0 Å². The molecule has 0 bridgehead atoms. The van der Waals surface area contributed by atoms with Crippen LogP contribution in [0.15, 0.2) is 30.3 Å². The average Bonchev–Trinajstić information content (AvgIpc) is 3.19. The van der Waals surface area contributed by atoms with Crippen LogP contribution in [-0.2, 0) is 12.8 Å². The van der Waals surface area contributed by atoms with Gasteiger partial charge in [-0.2, -0.15) is 5.10 Å². The Morgan fingerprint density at radius 2 is 2.09 bits per heavy atom. The van der Waals surface area contributed by atoms with E-state index in [0.29, 0.717) is 12.2 Å². The number of likely N-dealkylation sites (tertiary alicyclic amines) is 1. The zero-order chi connectivity index (χ0) is 15.6. The first-order chi connectivity index (χ1) is 11.3.